The molecule has 0 unspecified atom stereocenters. The highest BCUT2D eigenvalue weighted by molar-refractivity contribution is 9.10. The molecule has 22 heavy (non-hydrogen) atoms. The van der Waals surface area contributed by atoms with Crippen LogP contribution in [0, 0.1) is 0 Å². The third-order valence-electron chi connectivity index (χ3n) is 2.80. The zero-order chi connectivity index (χ0) is 15.9. The van der Waals surface area contributed by atoms with Crippen LogP contribution in [0.2, 0.25) is 0 Å². The van der Waals surface area contributed by atoms with Crippen molar-refractivity contribution in [3.63, 3.8) is 0 Å². The first-order valence-electron chi connectivity index (χ1n) is 6.39. The van der Waals surface area contributed by atoms with E-state index in [4.69, 9.17) is 4.74 Å². The highest BCUT2D eigenvalue weighted by atomic mass is 79.9. The van der Waals surface area contributed by atoms with Crippen molar-refractivity contribution in [2.45, 2.75) is 0 Å². The van der Waals surface area contributed by atoms with Crippen LogP contribution in [-0.4, -0.2) is 24.7 Å². The second-order valence-electron chi connectivity index (χ2n) is 4.27. The number of ether oxygens (including phenoxy) is 1. The van der Waals surface area contributed by atoms with Gasteiger partial charge in [0.2, 0.25) is 0 Å². The summed E-state index contributed by atoms with van der Waals surface area (Å²) in [4.78, 5) is 23.8. The van der Waals surface area contributed by atoms with Gasteiger partial charge in [-0.1, -0.05) is 46.3 Å². The van der Waals surface area contributed by atoms with Gasteiger partial charge in [0.15, 0.2) is 5.71 Å². The van der Waals surface area contributed by atoms with Crippen LogP contribution in [-0.2, 0) is 9.53 Å². The molecule has 2 rings (SSSR count). The lowest BCUT2D eigenvalue weighted by atomic mass is 10.1. The molecule has 2 aromatic carbocycles. The Hall–Kier alpha value is -2.47. The van der Waals surface area contributed by atoms with Gasteiger partial charge >= 0.3 is 5.97 Å². The molecule has 5 nitrogen and oxygen atoms in total. The number of carbonyl (C=O) groups excluding carboxylic acids is 2. The smallest absolute Gasteiger partial charge is 0.359 e. The quantitative estimate of drug-likeness (QED) is 0.517. The molecular weight excluding hydrogens is 348 g/mol. The third kappa shape index (κ3) is 4.02. The number of esters is 1. The molecule has 0 spiro atoms. The summed E-state index contributed by atoms with van der Waals surface area (Å²) in [5.41, 5.74) is 3.39. The first-order chi connectivity index (χ1) is 10.6. The van der Waals surface area contributed by atoms with E-state index in [1.807, 2.05) is 6.07 Å². The Kier molecular flexibility index (Phi) is 5.43. The summed E-state index contributed by atoms with van der Waals surface area (Å²) in [6, 6.07) is 15.6. The SMILES string of the molecule is COC(=O)/C(=N\NC(=O)c1ccccc1)c1ccc(Br)cc1. The van der Waals surface area contributed by atoms with E-state index in [0.29, 0.717) is 11.1 Å². The Labute approximate surface area is 136 Å². The fraction of sp³-hybridized carbons (Fsp3) is 0.0625. The highest BCUT2D eigenvalue weighted by Crippen LogP contribution is 2.12. The molecule has 0 fully saturated rings. The maximum absolute atomic E-state index is 12.0. The molecule has 0 saturated carbocycles. The minimum Gasteiger partial charge on any atom is -0.464 e. The van der Waals surface area contributed by atoms with Crippen LogP contribution < -0.4 is 5.43 Å². The molecule has 1 amide bonds. The normalized spacial score (nSPS) is 10.9. The van der Waals surface area contributed by atoms with Crippen molar-refractivity contribution >= 4 is 33.5 Å². The summed E-state index contributed by atoms with van der Waals surface area (Å²) < 4.78 is 5.57. The van der Waals surface area contributed by atoms with E-state index in [1.54, 1.807) is 48.5 Å². The maximum atomic E-state index is 12.0. The van der Waals surface area contributed by atoms with Crippen molar-refractivity contribution in [3.8, 4) is 0 Å². The molecule has 0 radical (unpaired) electrons. The lowest BCUT2D eigenvalue weighted by Gasteiger charge is -2.06. The molecule has 0 aliphatic heterocycles. The average Bonchev–Trinajstić information content (AvgIpc) is 2.56. The van der Waals surface area contributed by atoms with E-state index >= 15 is 0 Å². The second-order valence-corrected chi connectivity index (χ2v) is 5.18. The van der Waals surface area contributed by atoms with Crippen molar-refractivity contribution in [1.82, 2.24) is 5.43 Å². The van der Waals surface area contributed by atoms with E-state index < -0.39 is 11.9 Å². The number of hydrogen-bond donors (Lipinski definition) is 1. The van der Waals surface area contributed by atoms with E-state index in [0.717, 1.165) is 4.47 Å². The van der Waals surface area contributed by atoms with Gasteiger partial charge in [-0.05, 0) is 24.3 Å². The Morgan fingerprint density at radius 2 is 1.64 bits per heavy atom. The van der Waals surface area contributed by atoms with Gasteiger partial charge in [0.05, 0.1) is 7.11 Å². The molecular formula is C16H13BrN2O3. The Morgan fingerprint density at radius 1 is 1.00 bits per heavy atom. The second kappa shape index (κ2) is 7.51. The molecule has 6 heteroatoms. The van der Waals surface area contributed by atoms with E-state index in [2.05, 4.69) is 26.5 Å². The third-order valence-corrected chi connectivity index (χ3v) is 3.33. The lowest BCUT2D eigenvalue weighted by Crippen LogP contribution is -2.25. The number of rotatable bonds is 4. The average molecular weight is 361 g/mol. The van der Waals surface area contributed by atoms with Gasteiger partial charge in [-0.2, -0.15) is 5.10 Å². The predicted molar refractivity (Wildman–Crippen MR) is 86.6 cm³/mol. The Balaban J connectivity index is 2.24. The molecule has 0 heterocycles. The van der Waals surface area contributed by atoms with Crippen molar-refractivity contribution in [3.05, 3.63) is 70.2 Å². The first-order valence-corrected chi connectivity index (χ1v) is 7.18. The van der Waals surface area contributed by atoms with Crippen molar-refractivity contribution in [1.29, 1.82) is 0 Å². The number of nitrogens with zero attached hydrogens (tertiary/aromatic N) is 1. The molecule has 0 bridgehead atoms. The molecule has 0 atom stereocenters. The Bertz CT molecular complexity index is 697. The summed E-state index contributed by atoms with van der Waals surface area (Å²) in [5, 5.41) is 3.90. The predicted octanol–water partition coefficient (Wildman–Crippen LogP) is 2.76. The van der Waals surface area contributed by atoms with Gasteiger partial charge in [0.25, 0.3) is 5.91 Å². The molecule has 0 aliphatic rings. The van der Waals surface area contributed by atoms with Crippen molar-refractivity contribution in [2.24, 2.45) is 5.10 Å². The number of hydrazone groups is 1. The van der Waals surface area contributed by atoms with Crippen molar-refractivity contribution in [2.75, 3.05) is 7.11 Å². The van der Waals surface area contributed by atoms with E-state index in [9.17, 15) is 9.59 Å². The number of nitrogens with one attached hydrogen (secondary N) is 1. The van der Waals surface area contributed by atoms with Crippen LogP contribution >= 0.6 is 15.9 Å². The molecule has 112 valence electrons. The summed E-state index contributed by atoms with van der Waals surface area (Å²) in [6.45, 7) is 0. The first kappa shape index (κ1) is 15.9. The van der Waals surface area contributed by atoms with Crippen LogP contribution in [0.4, 0.5) is 0 Å². The van der Waals surface area contributed by atoms with Crippen molar-refractivity contribution < 1.29 is 14.3 Å². The van der Waals surface area contributed by atoms with E-state index in [-0.39, 0.29) is 5.71 Å². The van der Waals surface area contributed by atoms with Crippen LogP contribution in [0.15, 0.2) is 64.2 Å². The molecule has 0 aliphatic carbocycles. The summed E-state index contributed by atoms with van der Waals surface area (Å²) in [7, 11) is 1.26. The van der Waals surface area contributed by atoms with Gasteiger partial charge < -0.3 is 4.74 Å². The number of methoxy groups -OCH3 is 1. The standard InChI is InChI=1S/C16H13BrN2O3/c1-22-16(21)14(11-7-9-13(17)10-8-11)18-19-15(20)12-5-3-2-4-6-12/h2-10H,1H3,(H,19,20)/b18-14-. The fourth-order valence-corrected chi connectivity index (χ4v) is 1.96. The van der Waals surface area contributed by atoms with Crippen LogP contribution in [0.1, 0.15) is 15.9 Å². The van der Waals surface area contributed by atoms with Crippen LogP contribution in [0.25, 0.3) is 0 Å². The summed E-state index contributed by atoms with van der Waals surface area (Å²) >= 11 is 3.32. The molecule has 2 aromatic rings. The maximum Gasteiger partial charge on any atom is 0.359 e. The molecule has 0 saturated heterocycles. The van der Waals surface area contributed by atoms with Gasteiger partial charge in [-0.25, -0.2) is 10.2 Å². The summed E-state index contributed by atoms with van der Waals surface area (Å²) in [6.07, 6.45) is 0. The van der Waals surface area contributed by atoms with E-state index in [1.165, 1.54) is 7.11 Å². The highest BCUT2D eigenvalue weighted by Gasteiger charge is 2.15. The van der Waals surface area contributed by atoms with Gasteiger partial charge in [-0.3, -0.25) is 4.79 Å². The van der Waals surface area contributed by atoms with Crippen LogP contribution in [0.3, 0.4) is 0 Å². The summed E-state index contributed by atoms with van der Waals surface area (Å²) in [5.74, 6) is -1.03. The zero-order valence-electron chi connectivity index (χ0n) is 11.7. The molecule has 1 N–H and O–H groups in total. The fourth-order valence-electron chi connectivity index (χ4n) is 1.69. The Morgan fingerprint density at radius 3 is 2.23 bits per heavy atom. The number of amides is 1. The van der Waals surface area contributed by atoms with Gasteiger partial charge in [-0.15, -0.1) is 0 Å². The number of benzene rings is 2. The minimum absolute atomic E-state index is 0.0271. The topological polar surface area (TPSA) is 67.8 Å². The minimum atomic E-state index is -0.629. The largest absolute Gasteiger partial charge is 0.464 e. The zero-order valence-corrected chi connectivity index (χ0v) is 13.3. The number of halogens is 1. The van der Waals surface area contributed by atoms with Gasteiger partial charge in [0, 0.05) is 15.6 Å². The monoisotopic (exact) mass is 360 g/mol. The number of carbonyl (C=O) groups is 2. The number of hydrogen-bond acceptors (Lipinski definition) is 4. The van der Waals surface area contributed by atoms with Gasteiger partial charge in [0.1, 0.15) is 0 Å². The lowest BCUT2D eigenvalue weighted by molar-refractivity contribution is -0.132. The molecule has 0 aromatic heterocycles. The van der Waals surface area contributed by atoms with Crippen LogP contribution in [0.5, 0.6) is 0 Å².